The van der Waals surface area contributed by atoms with Crippen molar-refractivity contribution >= 4 is 21.6 Å². The Kier molecular flexibility index (Phi) is 4.93. The minimum Gasteiger partial charge on any atom is -0.302 e. The molecule has 0 aliphatic carbocycles. The molecule has 3 aromatic carbocycles. The Morgan fingerprint density at radius 3 is 2.33 bits per heavy atom. The Morgan fingerprint density at radius 1 is 0.900 bits per heavy atom. The number of benzene rings is 3. The van der Waals surface area contributed by atoms with E-state index in [9.17, 15) is 4.39 Å². The van der Waals surface area contributed by atoms with Gasteiger partial charge in [-0.2, -0.15) is 10.2 Å². The average Bonchev–Trinajstić information content (AvgIpc) is 3.43. The maximum atomic E-state index is 13.5. The van der Waals surface area contributed by atoms with Crippen LogP contribution >= 0.6 is 15.9 Å². The number of rotatable bonds is 4. The van der Waals surface area contributed by atoms with Crippen LogP contribution in [0.5, 0.6) is 0 Å². The summed E-state index contributed by atoms with van der Waals surface area (Å²) in [6.45, 7) is 0. The molecule has 6 heteroatoms. The van der Waals surface area contributed by atoms with Crippen molar-refractivity contribution in [1.29, 1.82) is 0 Å². The summed E-state index contributed by atoms with van der Waals surface area (Å²) in [6, 6.07) is 24.6. The lowest BCUT2D eigenvalue weighted by atomic mass is 9.97. The zero-order valence-electron chi connectivity index (χ0n) is 16.0. The molecule has 0 spiro atoms. The summed E-state index contributed by atoms with van der Waals surface area (Å²) in [6.07, 6.45) is 2.78. The van der Waals surface area contributed by atoms with Gasteiger partial charge in [-0.05, 0) is 54.1 Å². The molecule has 0 saturated carbocycles. The summed E-state index contributed by atoms with van der Waals surface area (Å²) < 4.78 is 16.4. The zero-order chi connectivity index (χ0) is 20.5. The molecule has 1 aromatic heterocycles. The van der Waals surface area contributed by atoms with Gasteiger partial charge in [0.05, 0.1) is 23.1 Å². The quantitative estimate of drug-likeness (QED) is 0.413. The third kappa shape index (κ3) is 3.66. The molecule has 4 nitrogen and oxygen atoms in total. The second-order valence-corrected chi connectivity index (χ2v) is 8.09. The minimum atomic E-state index is -0.261. The van der Waals surface area contributed by atoms with Crippen molar-refractivity contribution in [3.05, 3.63) is 106 Å². The van der Waals surface area contributed by atoms with E-state index >= 15 is 0 Å². The molecule has 148 valence electrons. The smallest absolute Gasteiger partial charge is 0.123 e. The van der Waals surface area contributed by atoms with Gasteiger partial charge in [0.2, 0.25) is 0 Å². The number of hydrogen-bond donors (Lipinski definition) is 1. The monoisotopic (exact) mass is 460 g/mol. The summed E-state index contributed by atoms with van der Waals surface area (Å²) in [5.41, 5.74) is 9.06. The first-order chi connectivity index (χ1) is 14.7. The third-order valence-electron chi connectivity index (χ3n) is 5.19. The lowest BCUT2D eigenvalue weighted by Gasteiger charge is -2.10. The number of hydrazone groups is 1. The zero-order valence-corrected chi connectivity index (χ0v) is 17.6. The summed E-state index contributed by atoms with van der Waals surface area (Å²) in [5, 5.41) is 9.41. The highest BCUT2D eigenvalue weighted by atomic mass is 79.9. The molecular weight excluding hydrogens is 443 g/mol. The fraction of sp³-hybridized carbons (Fsp3) is 0.0833. The molecule has 2 heterocycles. The molecule has 30 heavy (non-hydrogen) atoms. The second kappa shape index (κ2) is 7.88. The topological polar surface area (TPSA) is 42.2 Å². The summed E-state index contributed by atoms with van der Waals surface area (Å²) in [7, 11) is 0. The minimum absolute atomic E-state index is 0.0128. The van der Waals surface area contributed by atoms with Crippen LogP contribution in [0, 0.1) is 5.82 Å². The van der Waals surface area contributed by atoms with Gasteiger partial charge in [0.1, 0.15) is 5.82 Å². The van der Waals surface area contributed by atoms with Gasteiger partial charge in [0, 0.05) is 28.2 Å². The van der Waals surface area contributed by atoms with Gasteiger partial charge in [0.15, 0.2) is 0 Å². The van der Waals surface area contributed by atoms with Crippen molar-refractivity contribution in [3.63, 3.8) is 0 Å². The maximum Gasteiger partial charge on any atom is 0.123 e. The first kappa shape index (κ1) is 18.8. The number of halogens is 2. The Labute approximate surface area is 182 Å². The summed E-state index contributed by atoms with van der Waals surface area (Å²) in [5.74, 6) is -0.261. The lowest BCUT2D eigenvalue weighted by Crippen LogP contribution is -2.10. The van der Waals surface area contributed by atoms with Gasteiger partial charge in [-0.3, -0.25) is 0 Å². The molecule has 0 bridgehead atoms. The number of hydrogen-bond acceptors (Lipinski definition) is 3. The standard InChI is InChI=1S/C24H18BrFN4/c25-18-10-6-16(7-11-18)22-14-23(28-27-22)21-15-30(20-4-2-1-3-5-20)29-24(21)17-8-12-19(26)13-9-17/h1-13,15,23,28H,14H2/t23-/m1/s1. The molecule has 1 N–H and O–H groups in total. The Bertz CT molecular complexity index is 1200. The van der Waals surface area contributed by atoms with Gasteiger partial charge in [-0.25, -0.2) is 9.07 Å². The fourth-order valence-corrected chi connectivity index (χ4v) is 3.90. The van der Waals surface area contributed by atoms with Crippen LogP contribution < -0.4 is 5.43 Å². The van der Waals surface area contributed by atoms with Crippen molar-refractivity contribution in [3.8, 4) is 16.9 Å². The molecule has 1 atom stereocenters. The number of aromatic nitrogens is 2. The van der Waals surface area contributed by atoms with Crippen molar-refractivity contribution < 1.29 is 4.39 Å². The van der Waals surface area contributed by atoms with Crippen LogP contribution in [-0.2, 0) is 0 Å². The maximum absolute atomic E-state index is 13.5. The molecule has 0 unspecified atom stereocenters. The first-order valence-electron chi connectivity index (χ1n) is 9.66. The van der Waals surface area contributed by atoms with E-state index in [1.807, 2.05) is 53.3 Å². The molecule has 0 amide bonds. The number of nitrogens with zero attached hydrogens (tertiary/aromatic N) is 3. The Balaban J connectivity index is 1.51. The van der Waals surface area contributed by atoms with Crippen LogP contribution in [0.2, 0.25) is 0 Å². The van der Waals surface area contributed by atoms with E-state index in [0.717, 1.165) is 44.7 Å². The highest BCUT2D eigenvalue weighted by Gasteiger charge is 2.26. The van der Waals surface area contributed by atoms with Crippen molar-refractivity contribution in [1.82, 2.24) is 15.2 Å². The first-order valence-corrected chi connectivity index (χ1v) is 10.5. The van der Waals surface area contributed by atoms with E-state index in [1.54, 1.807) is 12.1 Å². The van der Waals surface area contributed by atoms with Crippen LogP contribution in [-0.4, -0.2) is 15.5 Å². The fourth-order valence-electron chi connectivity index (χ4n) is 3.63. The molecule has 5 rings (SSSR count). The molecule has 4 aromatic rings. The Hall–Kier alpha value is -3.25. The van der Waals surface area contributed by atoms with Crippen LogP contribution in [0.3, 0.4) is 0 Å². The van der Waals surface area contributed by atoms with E-state index in [0.29, 0.717) is 0 Å². The van der Waals surface area contributed by atoms with Gasteiger partial charge < -0.3 is 5.43 Å². The average molecular weight is 461 g/mol. The largest absolute Gasteiger partial charge is 0.302 e. The SMILES string of the molecule is Fc1ccc(-c2nn(-c3ccccc3)cc2[C@H]2CC(c3ccc(Br)cc3)=NN2)cc1. The van der Waals surface area contributed by atoms with Crippen LogP contribution in [0.25, 0.3) is 16.9 Å². The molecule has 1 aliphatic rings. The van der Waals surface area contributed by atoms with Gasteiger partial charge in [0.25, 0.3) is 0 Å². The molecule has 1 aliphatic heterocycles. The van der Waals surface area contributed by atoms with E-state index < -0.39 is 0 Å². The van der Waals surface area contributed by atoms with Gasteiger partial charge in [-0.1, -0.05) is 46.3 Å². The molecule has 0 saturated heterocycles. The van der Waals surface area contributed by atoms with Crippen LogP contribution in [0.4, 0.5) is 4.39 Å². The van der Waals surface area contributed by atoms with Crippen LogP contribution in [0.1, 0.15) is 23.6 Å². The van der Waals surface area contributed by atoms with Crippen molar-refractivity contribution in [2.75, 3.05) is 0 Å². The normalized spacial score (nSPS) is 15.7. The number of para-hydroxylation sites is 1. The van der Waals surface area contributed by atoms with Crippen molar-refractivity contribution in [2.24, 2.45) is 5.10 Å². The van der Waals surface area contributed by atoms with Crippen LogP contribution in [0.15, 0.2) is 94.6 Å². The Morgan fingerprint density at radius 2 is 1.60 bits per heavy atom. The van der Waals surface area contributed by atoms with Gasteiger partial charge >= 0.3 is 0 Å². The predicted octanol–water partition coefficient (Wildman–Crippen LogP) is 5.88. The summed E-state index contributed by atoms with van der Waals surface area (Å²) >= 11 is 3.47. The predicted molar refractivity (Wildman–Crippen MR) is 120 cm³/mol. The molecule has 0 radical (unpaired) electrons. The van der Waals surface area contributed by atoms with E-state index in [1.165, 1.54) is 12.1 Å². The summed E-state index contributed by atoms with van der Waals surface area (Å²) in [4.78, 5) is 0. The van der Waals surface area contributed by atoms with E-state index in [2.05, 4.69) is 38.6 Å². The number of nitrogens with one attached hydrogen (secondary N) is 1. The molecule has 0 fully saturated rings. The van der Waals surface area contributed by atoms with E-state index in [4.69, 9.17) is 5.10 Å². The highest BCUT2D eigenvalue weighted by molar-refractivity contribution is 9.10. The van der Waals surface area contributed by atoms with E-state index in [-0.39, 0.29) is 11.9 Å². The molecular formula is C24H18BrFN4. The van der Waals surface area contributed by atoms with Gasteiger partial charge in [-0.15, -0.1) is 0 Å². The highest BCUT2D eigenvalue weighted by Crippen LogP contribution is 2.33. The second-order valence-electron chi connectivity index (χ2n) is 7.17. The third-order valence-corrected chi connectivity index (χ3v) is 5.72. The van der Waals surface area contributed by atoms with Crippen molar-refractivity contribution in [2.45, 2.75) is 12.5 Å². The lowest BCUT2D eigenvalue weighted by molar-refractivity contribution is 0.620.